The number of carbonyl (C=O) groups excluding carboxylic acids is 1. The highest BCUT2D eigenvalue weighted by Crippen LogP contribution is 2.25. The highest BCUT2D eigenvalue weighted by atomic mass is 79.9. The second kappa shape index (κ2) is 4.63. The van der Waals surface area contributed by atoms with Gasteiger partial charge in [-0.2, -0.15) is 0 Å². The van der Waals surface area contributed by atoms with Crippen molar-refractivity contribution in [3.05, 3.63) is 46.3 Å². The number of carbonyl (C=O) groups is 1. The van der Waals surface area contributed by atoms with Crippen molar-refractivity contribution < 1.29 is 13.9 Å². The Morgan fingerprint density at radius 3 is 2.71 bits per heavy atom. The Hall–Kier alpha value is -1.75. The molecule has 2 rings (SSSR count). The number of anilines is 1. The summed E-state index contributed by atoms with van der Waals surface area (Å²) in [5, 5.41) is 0. The molecule has 0 fully saturated rings. The maximum atomic E-state index is 12.1. The summed E-state index contributed by atoms with van der Waals surface area (Å²) in [5.74, 6) is 0.442. The molecular formula is C12H10BrNO3. The summed E-state index contributed by atoms with van der Waals surface area (Å²) in [6.07, 6.45) is 0. The summed E-state index contributed by atoms with van der Waals surface area (Å²) in [6, 6.07) is 8.15. The molecule has 1 aromatic carbocycles. The normalized spacial score (nSPS) is 10.2. The van der Waals surface area contributed by atoms with Crippen LogP contribution in [0, 0.1) is 0 Å². The van der Waals surface area contributed by atoms with Gasteiger partial charge in [-0.1, -0.05) is 0 Å². The molecule has 88 valence electrons. The Morgan fingerprint density at radius 1 is 1.35 bits per heavy atom. The van der Waals surface area contributed by atoms with Crippen LogP contribution in [0.3, 0.4) is 0 Å². The van der Waals surface area contributed by atoms with Crippen molar-refractivity contribution in [2.75, 3.05) is 12.8 Å². The smallest absolute Gasteiger partial charge is 0.232 e. The van der Waals surface area contributed by atoms with E-state index in [0.29, 0.717) is 21.7 Å². The predicted octanol–water partition coefficient (Wildman–Crippen LogP) is 2.86. The largest absolute Gasteiger partial charge is 0.496 e. The van der Waals surface area contributed by atoms with Gasteiger partial charge in [0, 0.05) is 5.69 Å². The van der Waals surface area contributed by atoms with E-state index in [4.69, 9.17) is 14.9 Å². The van der Waals surface area contributed by atoms with Crippen LogP contribution in [0.2, 0.25) is 0 Å². The molecule has 0 aliphatic rings. The first-order valence-corrected chi connectivity index (χ1v) is 5.64. The molecule has 0 bridgehead atoms. The van der Waals surface area contributed by atoms with E-state index < -0.39 is 0 Å². The van der Waals surface area contributed by atoms with Crippen LogP contribution in [0.15, 0.2) is 39.4 Å². The predicted molar refractivity (Wildman–Crippen MR) is 67.2 cm³/mol. The molecule has 5 heteroatoms. The van der Waals surface area contributed by atoms with Gasteiger partial charge >= 0.3 is 0 Å². The third kappa shape index (κ3) is 2.34. The van der Waals surface area contributed by atoms with E-state index in [9.17, 15) is 4.79 Å². The van der Waals surface area contributed by atoms with Gasteiger partial charge in [-0.3, -0.25) is 4.79 Å². The Balaban J connectivity index is 2.46. The fraction of sp³-hybridized carbons (Fsp3) is 0.0833. The van der Waals surface area contributed by atoms with Crippen LogP contribution in [0.4, 0.5) is 5.69 Å². The molecule has 0 atom stereocenters. The monoisotopic (exact) mass is 295 g/mol. The number of ketones is 1. The van der Waals surface area contributed by atoms with Crippen LogP contribution in [-0.4, -0.2) is 12.9 Å². The van der Waals surface area contributed by atoms with E-state index in [1.165, 1.54) is 7.11 Å². The fourth-order valence-electron chi connectivity index (χ4n) is 1.47. The third-order valence-corrected chi connectivity index (χ3v) is 2.69. The van der Waals surface area contributed by atoms with Gasteiger partial charge in [0.2, 0.25) is 5.78 Å². The van der Waals surface area contributed by atoms with Crippen molar-refractivity contribution in [1.29, 1.82) is 0 Å². The van der Waals surface area contributed by atoms with E-state index in [-0.39, 0.29) is 11.5 Å². The lowest BCUT2D eigenvalue weighted by Gasteiger charge is -2.06. The molecule has 0 spiro atoms. The first-order chi connectivity index (χ1) is 8.11. The second-order valence-electron chi connectivity index (χ2n) is 3.39. The number of methoxy groups -OCH3 is 1. The van der Waals surface area contributed by atoms with Gasteiger partial charge < -0.3 is 14.9 Å². The minimum atomic E-state index is -0.264. The van der Waals surface area contributed by atoms with Gasteiger partial charge in [-0.15, -0.1) is 0 Å². The van der Waals surface area contributed by atoms with Crippen molar-refractivity contribution in [3.8, 4) is 5.75 Å². The standard InChI is InChI=1S/C12H10BrNO3/c1-16-9-3-2-7(14)6-8(9)12(15)10-4-5-11(13)17-10/h2-6H,14H2,1H3. The van der Waals surface area contributed by atoms with Crippen LogP contribution >= 0.6 is 15.9 Å². The van der Waals surface area contributed by atoms with E-state index in [0.717, 1.165) is 0 Å². The minimum absolute atomic E-state index is 0.237. The van der Waals surface area contributed by atoms with Crippen molar-refractivity contribution in [2.45, 2.75) is 0 Å². The van der Waals surface area contributed by atoms with Crippen LogP contribution in [0.25, 0.3) is 0 Å². The molecule has 1 aromatic heterocycles. The van der Waals surface area contributed by atoms with E-state index in [1.54, 1.807) is 30.3 Å². The van der Waals surface area contributed by atoms with Crippen LogP contribution < -0.4 is 10.5 Å². The number of ether oxygens (including phenoxy) is 1. The Labute approximate surface area is 106 Å². The Kier molecular flexibility index (Phi) is 3.19. The molecule has 1 heterocycles. The minimum Gasteiger partial charge on any atom is -0.496 e. The van der Waals surface area contributed by atoms with E-state index in [2.05, 4.69) is 15.9 Å². The van der Waals surface area contributed by atoms with Gasteiger partial charge in [0.25, 0.3) is 0 Å². The first-order valence-electron chi connectivity index (χ1n) is 4.85. The lowest BCUT2D eigenvalue weighted by Crippen LogP contribution is -2.03. The number of furan rings is 1. The number of rotatable bonds is 3. The molecule has 2 N–H and O–H groups in total. The van der Waals surface area contributed by atoms with Crippen molar-refractivity contribution in [1.82, 2.24) is 0 Å². The number of nitrogens with two attached hydrogens (primary N) is 1. The quantitative estimate of drug-likeness (QED) is 0.698. The highest BCUT2D eigenvalue weighted by molar-refractivity contribution is 9.10. The first kappa shape index (κ1) is 11.7. The molecule has 4 nitrogen and oxygen atoms in total. The number of halogens is 1. The average molecular weight is 296 g/mol. The Bertz CT molecular complexity index is 563. The maximum absolute atomic E-state index is 12.1. The van der Waals surface area contributed by atoms with Gasteiger partial charge in [0.15, 0.2) is 10.4 Å². The zero-order chi connectivity index (χ0) is 12.4. The summed E-state index contributed by atoms with van der Waals surface area (Å²) in [5.41, 5.74) is 6.54. The van der Waals surface area contributed by atoms with E-state index >= 15 is 0 Å². The number of hydrogen-bond acceptors (Lipinski definition) is 4. The summed E-state index contributed by atoms with van der Waals surface area (Å²) < 4.78 is 10.8. The van der Waals surface area contributed by atoms with Crippen LogP contribution in [0.5, 0.6) is 5.75 Å². The summed E-state index contributed by atoms with van der Waals surface area (Å²) in [6.45, 7) is 0. The topological polar surface area (TPSA) is 65.5 Å². The zero-order valence-corrected chi connectivity index (χ0v) is 10.7. The lowest BCUT2D eigenvalue weighted by atomic mass is 10.1. The summed E-state index contributed by atoms with van der Waals surface area (Å²) in [4.78, 5) is 12.1. The van der Waals surface area contributed by atoms with Gasteiger partial charge in [-0.25, -0.2) is 0 Å². The molecule has 17 heavy (non-hydrogen) atoms. The van der Waals surface area contributed by atoms with Gasteiger partial charge in [0.1, 0.15) is 5.75 Å². The van der Waals surface area contributed by atoms with Crippen molar-refractivity contribution >= 4 is 27.4 Å². The average Bonchev–Trinajstić information content (AvgIpc) is 2.75. The fourth-order valence-corrected chi connectivity index (χ4v) is 1.78. The van der Waals surface area contributed by atoms with Crippen LogP contribution in [-0.2, 0) is 0 Å². The molecular weight excluding hydrogens is 286 g/mol. The summed E-state index contributed by atoms with van der Waals surface area (Å²) in [7, 11) is 1.50. The Morgan fingerprint density at radius 2 is 2.12 bits per heavy atom. The zero-order valence-electron chi connectivity index (χ0n) is 9.07. The second-order valence-corrected chi connectivity index (χ2v) is 4.17. The molecule has 0 unspecified atom stereocenters. The molecule has 0 saturated carbocycles. The van der Waals surface area contributed by atoms with Gasteiger partial charge in [-0.05, 0) is 46.3 Å². The maximum Gasteiger partial charge on any atom is 0.232 e. The molecule has 0 aliphatic carbocycles. The number of benzene rings is 1. The SMILES string of the molecule is COc1ccc(N)cc1C(=O)c1ccc(Br)o1. The lowest BCUT2D eigenvalue weighted by molar-refractivity contribution is 0.100. The van der Waals surface area contributed by atoms with Gasteiger partial charge in [0.05, 0.1) is 12.7 Å². The molecule has 0 amide bonds. The summed E-state index contributed by atoms with van der Waals surface area (Å²) >= 11 is 3.15. The molecule has 2 aromatic rings. The number of nitrogen functional groups attached to an aromatic ring is 1. The van der Waals surface area contributed by atoms with Crippen molar-refractivity contribution in [3.63, 3.8) is 0 Å². The van der Waals surface area contributed by atoms with Crippen LogP contribution in [0.1, 0.15) is 16.1 Å². The van der Waals surface area contributed by atoms with E-state index in [1.807, 2.05) is 0 Å². The third-order valence-electron chi connectivity index (χ3n) is 2.27. The molecule has 0 radical (unpaired) electrons. The van der Waals surface area contributed by atoms with Crippen molar-refractivity contribution in [2.24, 2.45) is 0 Å². The number of hydrogen-bond donors (Lipinski definition) is 1. The molecule has 0 saturated heterocycles. The molecule has 0 aliphatic heterocycles. The highest BCUT2D eigenvalue weighted by Gasteiger charge is 2.17.